The monoisotopic (exact) mass is 264 g/mol. The third kappa shape index (κ3) is 2.98. The predicted octanol–water partition coefficient (Wildman–Crippen LogP) is 2.03. The summed E-state index contributed by atoms with van der Waals surface area (Å²) in [6.45, 7) is 2.85. The lowest BCUT2D eigenvalue weighted by Gasteiger charge is -2.21. The molecule has 0 saturated carbocycles. The Hall–Kier alpha value is -1.75. The average Bonchev–Trinajstić information content (AvgIpc) is 2.87. The number of benzene rings is 1. The number of esters is 1. The summed E-state index contributed by atoms with van der Waals surface area (Å²) in [4.78, 5) is 11.5. The first kappa shape index (κ1) is 13.7. The summed E-state index contributed by atoms with van der Waals surface area (Å²) < 4.78 is 10.3. The Morgan fingerprint density at radius 2 is 2.37 bits per heavy atom. The van der Waals surface area contributed by atoms with Crippen LogP contribution in [-0.2, 0) is 9.47 Å². The minimum atomic E-state index is -0.363. The van der Waals surface area contributed by atoms with Gasteiger partial charge < -0.3 is 20.5 Å². The Kier molecular flexibility index (Phi) is 4.27. The molecule has 1 fully saturated rings. The SMILES string of the molecule is CC[C@@H]1OCC[C@H]1Nc1cc(C(=O)OC)ccc1N. The van der Waals surface area contributed by atoms with Crippen molar-refractivity contribution in [2.75, 3.05) is 24.8 Å². The van der Waals surface area contributed by atoms with E-state index in [-0.39, 0.29) is 18.1 Å². The molecule has 1 aliphatic rings. The van der Waals surface area contributed by atoms with E-state index in [9.17, 15) is 4.79 Å². The van der Waals surface area contributed by atoms with Gasteiger partial charge in [0.15, 0.2) is 0 Å². The van der Waals surface area contributed by atoms with Gasteiger partial charge in [-0.1, -0.05) is 6.92 Å². The van der Waals surface area contributed by atoms with E-state index in [0.29, 0.717) is 11.3 Å². The maximum Gasteiger partial charge on any atom is 0.337 e. The first-order valence-electron chi connectivity index (χ1n) is 6.51. The minimum absolute atomic E-state index is 0.196. The highest BCUT2D eigenvalue weighted by molar-refractivity contribution is 5.92. The molecule has 0 aliphatic carbocycles. The second kappa shape index (κ2) is 5.93. The smallest absolute Gasteiger partial charge is 0.337 e. The van der Waals surface area contributed by atoms with Crippen molar-refractivity contribution in [3.63, 3.8) is 0 Å². The van der Waals surface area contributed by atoms with Crippen LogP contribution in [0.1, 0.15) is 30.1 Å². The maximum atomic E-state index is 11.5. The molecular formula is C14H20N2O3. The highest BCUT2D eigenvalue weighted by Gasteiger charge is 2.27. The summed E-state index contributed by atoms with van der Waals surface area (Å²) in [6, 6.07) is 5.34. The molecule has 0 bridgehead atoms. The number of carbonyl (C=O) groups is 1. The fraction of sp³-hybridized carbons (Fsp3) is 0.500. The van der Waals surface area contributed by atoms with Crippen LogP contribution in [0.2, 0.25) is 0 Å². The van der Waals surface area contributed by atoms with E-state index in [4.69, 9.17) is 15.2 Å². The minimum Gasteiger partial charge on any atom is -0.465 e. The molecule has 1 aliphatic heterocycles. The van der Waals surface area contributed by atoms with Gasteiger partial charge in [0.1, 0.15) is 0 Å². The van der Waals surface area contributed by atoms with Crippen LogP contribution >= 0.6 is 0 Å². The Labute approximate surface area is 113 Å². The number of hydrogen-bond donors (Lipinski definition) is 2. The number of carbonyl (C=O) groups excluding carboxylic acids is 1. The third-order valence-electron chi connectivity index (χ3n) is 3.43. The van der Waals surface area contributed by atoms with Crippen molar-refractivity contribution in [1.29, 1.82) is 0 Å². The first-order chi connectivity index (χ1) is 9.15. The molecule has 2 atom stereocenters. The maximum absolute atomic E-state index is 11.5. The molecule has 0 unspecified atom stereocenters. The van der Waals surface area contributed by atoms with Gasteiger partial charge in [-0.05, 0) is 31.0 Å². The average molecular weight is 264 g/mol. The van der Waals surface area contributed by atoms with Crippen molar-refractivity contribution in [3.05, 3.63) is 23.8 Å². The molecule has 2 rings (SSSR count). The second-order valence-corrected chi connectivity index (χ2v) is 4.65. The largest absolute Gasteiger partial charge is 0.465 e. The molecule has 19 heavy (non-hydrogen) atoms. The third-order valence-corrected chi connectivity index (χ3v) is 3.43. The first-order valence-corrected chi connectivity index (χ1v) is 6.51. The molecule has 1 heterocycles. The van der Waals surface area contributed by atoms with Crippen LogP contribution < -0.4 is 11.1 Å². The van der Waals surface area contributed by atoms with Crippen molar-refractivity contribution in [1.82, 2.24) is 0 Å². The number of rotatable bonds is 4. The second-order valence-electron chi connectivity index (χ2n) is 4.65. The van der Waals surface area contributed by atoms with Crippen molar-refractivity contribution in [2.24, 2.45) is 0 Å². The molecule has 3 N–H and O–H groups in total. The van der Waals surface area contributed by atoms with Gasteiger partial charge in [-0.3, -0.25) is 0 Å². The molecule has 0 aromatic heterocycles. The summed E-state index contributed by atoms with van der Waals surface area (Å²) in [5.41, 5.74) is 7.81. The van der Waals surface area contributed by atoms with Crippen molar-refractivity contribution < 1.29 is 14.3 Å². The normalized spacial score (nSPS) is 22.2. The zero-order chi connectivity index (χ0) is 13.8. The number of nitrogens with two attached hydrogens (primary N) is 1. The fourth-order valence-corrected chi connectivity index (χ4v) is 2.34. The summed E-state index contributed by atoms with van der Waals surface area (Å²) in [7, 11) is 1.36. The van der Waals surface area contributed by atoms with Crippen LogP contribution in [0.4, 0.5) is 11.4 Å². The van der Waals surface area contributed by atoms with Gasteiger partial charge in [-0.15, -0.1) is 0 Å². The van der Waals surface area contributed by atoms with Crippen molar-refractivity contribution in [3.8, 4) is 0 Å². The van der Waals surface area contributed by atoms with Crippen LogP contribution in [0.25, 0.3) is 0 Å². The summed E-state index contributed by atoms with van der Waals surface area (Å²) in [5.74, 6) is -0.363. The van der Waals surface area contributed by atoms with E-state index in [1.54, 1.807) is 18.2 Å². The molecule has 0 radical (unpaired) electrons. The zero-order valence-electron chi connectivity index (χ0n) is 11.3. The summed E-state index contributed by atoms with van der Waals surface area (Å²) in [6.07, 6.45) is 2.09. The molecule has 1 saturated heterocycles. The van der Waals surface area contributed by atoms with E-state index in [2.05, 4.69) is 12.2 Å². The lowest BCUT2D eigenvalue weighted by Crippen LogP contribution is -2.29. The van der Waals surface area contributed by atoms with Gasteiger partial charge in [-0.2, -0.15) is 0 Å². The van der Waals surface area contributed by atoms with Gasteiger partial charge in [0, 0.05) is 6.61 Å². The molecule has 0 amide bonds. The number of hydrogen-bond acceptors (Lipinski definition) is 5. The van der Waals surface area contributed by atoms with E-state index in [1.807, 2.05) is 0 Å². The summed E-state index contributed by atoms with van der Waals surface area (Å²) >= 11 is 0. The highest BCUT2D eigenvalue weighted by atomic mass is 16.5. The van der Waals surface area contributed by atoms with E-state index in [1.165, 1.54) is 7.11 Å². The van der Waals surface area contributed by atoms with E-state index in [0.717, 1.165) is 25.1 Å². The van der Waals surface area contributed by atoms with Crippen LogP contribution in [0.3, 0.4) is 0 Å². The highest BCUT2D eigenvalue weighted by Crippen LogP contribution is 2.26. The Balaban J connectivity index is 2.17. The van der Waals surface area contributed by atoms with Gasteiger partial charge in [0.2, 0.25) is 0 Å². The van der Waals surface area contributed by atoms with Crippen LogP contribution in [0.5, 0.6) is 0 Å². The fourth-order valence-electron chi connectivity index (χ4n) is 2.34. The molecule has 5 heteroatoms. The number of anilines is 2. The Morgan fingerprint density at radius 3 is 3.05 bits per heavy atom. The van der Waals surface area contributed by atoms with Gasteiger partial charge in [0.25, 0.3) is 0 Å². The molecular weight excluding hydrogens is 244 g/mol. The quantitative estimate of drug-likeness (QED) is 0.643. The topological polar surface area (TPSA) is 73.6 Å². The Morgan fingerprint density at radius 1 is 1.58 bits per heavy atom. The molecule has 0 spiro atoms. The molecule has 104 valence electrons. The Bertz CT molecular complexity index is 462. The lowest BCUT2D eigenvalue weighted by atomic mass is 10.1. The van der Waals surface area contributed by atoms with Crippen molar-refractivity contribution >= 4 is 17.3 Å². The van der Waals surface area contributed by atoms with E-state index < -0.39 is 0 Å². The van der Waals surface area contributed by atoms with Gasteiger partial charge >= 0.3 is 5.97 Å². The molecule has 5 nitrogen and oxygen atoms in total. The lowest BCUT2D eigenvalue weighted by molar-refractivity contribution is 0.0601. The standard InChI is InChI=1S/C14H20N2O3/c1-3-13-11(6-7-19-13)16-12-8-9(14(17)18-2)4-5-10(12)15/h4-5,8,11,13,16H,3,6-7,15H2,1-2H3/t11-,13+/m1/s1. The number of nitrogen functional groups attached to an aromatic ring is 1. The number of ether oxygens (including phenoxy) is 2. The van der Waals surface area contributed by atoms with Crippen LogP contribution in [0, 0.1) is 0 Å². The number of nitrogens with one attached hydrogen (secondary N) is 1. The molecule has 1 aromatic carbocycles. The molecule has 1 aromatic rings. The van der Waals surface area contributed by atoms with Gasteiger partial charge in [-0.25, -0.2) is 4.79 Å². The summed E-state index contributed by atoms with van der Waals surface area (Å²) in [5, 5.41) is 3.37. The predicted molar refractivity (Wildman–Crippen MR) is 74.3 cm³/mol. The van der Waals surface area contributed by atoms with Crippen LogP contribution in [-0.4, -0.2) is 31.8 Å². The zero-order valence-corrected chi connectivity index (χ0v) is 11.3. The van der Waals surface area contributed by atoms with E-state index >= 15 is 0 Å². The van der Waals surface area contributed by atoms with Crippen molar-refractivity contribution in [2.45, 2.75) is 31.9 Å². The van der Waals surface area contributed by atoms with Crippen LogP contribution in [0.15, 0.2) is 18.2 Å². The van der Waals surface area contributed by atoms with Gasteiger partial charge in [0.05, 0.1) is 36.2 Å². The number of methoxy groups -OCH3 is 1.